The number of nitrogens with zero attached hydrogens (tertiary/aromatic N) is 3. The van der Waals surface area contributed by atoms with Gasteiger partial charge in [0.15, 0.2) is 0 Å². The molecule has 0 radical (unpaired) electrons. The van der Waals surface area contributed by atoms with Crippen molar-refractivity contribution in [3.05, 3.63) is 261 Å². The molecule has 0 bridgehead atoms. The lowest BCUT2D eigenvalue weighted by molar-refractivity contribution is 1.18. The van der Waals surface area contributed by atoms with Gasteiger partial charge < -0.3 is 14.4 Å². The van der Waals surface area contributed by atoms with Gasteiger partial charge in [0, 0.05) is 50.6 Å². The van der Waals surface area contributed by atoms with Crippen LogP contribution in [0.3, 0.4) is 0 Å². The number of rotatable bonds is 10. The van der Waals surface area contributed by atoms with Crippen LogP contribution in [0.1, 0.15) is 0 Å². The zero-order valence-electron chi connectivity index (χ0n) is 34.7. The van der Waals surface area contributed by atoms with Crippen LogP contribution in [0.4, 0.5) is 34.1 Å². The van der Waals surface area contributed by atoms with E-state index in [9.17, 15) is 0 Å². The fourth-order valence-corrected chi connectivity index (χ4v) is 9.11. The van der Waals surface area contributed by atoms with Crippen molar-refractivity contribution < 1.29 is 0 Å². The highest BCUT2D eigenvalue weighted by atomic mass is 15.1. The maximum Gasteiger partial charge on any atom is 0.0541 e. The Hall–Kier alpha value is -8.40. The number of benzene rings is 10. The second-order valence-electron chi connectivity index (χ2n) is 15.8. The summed E-state index contributed by atoms with van der Waals surface area (Å²) < 4.78 is 2.38. The van der Waals surface area contributed by atoms with Crippen molar-refractivity contribution in [2.75, 3.05) is 9.80 Å². The molecule has 0 atom stereocenters. The highest BCUT2D eigenvalue weighted by Crippen LogP contribution is 2.45. The standard InChI is InChI=1S/C60H43N3/c1-6-19-47(20-7-1)61(48-21-8-2-9-22-48)52-38-33-44(34-39-52)54-30-18-31-55(45-35-40-53(41-36-45)62(49-23-10-3-11-24-49)50-25-12-4-13-26-50)60(54)46-37-42-59-57(43-46)56-29-16-17-32-58(56)63(59)51-27-14-5-15-28-51/h1-43H. The summed E-state index contributed by atoms with van der Waals surface area (Å²) in [7, 11) is 0. The Morgan fingerprint density at radius 2 is 0.619 bits per heavy atom. The molecule has 63 heavy (non-hydrogen) atoms. The minimum absolute atomic E-state index is 1.10. The van der Waals surface area contributed by atoms with Crippen LogP contribution in [0.5, 0.6) is 0 Å². The summed E-state index contributed by atoms with van der Waals surface area (Å²) in [6, 6.07) is 93.7. The first-order valence-electron chi connectivity index (χ1n) is 21.5. The van der Waals surface area contributed by atoms with E-state index in [1.54, 1.807) is 0 Å². The average molecular weight is 806 g/mol. The van der Waals surface area contributed by atoms with Crippen LogP contribution < -0.4 is 9.80 Å². The van der Waals surface area contributed by atoms with E-state index in [1.807, 2.05) is 0 Å². The van der Waals surface area contributed by atoms with Gasteiger partial charge in [-0.05, 0) is 137 Å². The van der Waals surface area contributed by atoms with E-state index in [2.05, 4.69) is 275 Å². The van der Waals surface area contributed by atoms with Crippen molar-refractivity contribution in [3.63, 3.8) is 0 Å². The predicted molar refractivity (Wildman–Crippen MR) is 266 cm³/mol. The van der Waals surface area contributed by atoms with Gasteiger partial charge in [0.2, 0.25) is 0 Å². The van der Waals surface area contributed by atoms with Gasteiger partial charge in [-0.15, -0.1) is 0 Å². The van der Waals surface area contributed by atoms with Crippen LogP contribution in [-0.4, -0.2) is 4.57 Å². The molecule has 1 heterocycles. The van der Waals surface area contributed by atoms with Crippen molar-refractivity contribution in [2.24, 2.45) is 0 Å². The Bertz CT molecular complexity index is 3070. The van der Waals surface area contributed by atoms with Gasteiger partial charge in [-0.3, -0.25) is 0 Å². The molecule has 0 aliphatic carbocycles. The molecule has 3 nitrogen and oxygen atoms in total. The molecule has 1 aromatic heterocycles. The van der Waals surface area contributed by atoms with Crippen LogP contribution in [0, 0.1) is 0 Å². The van der Waals surface area contributed by atoms with E-state index in [1.165, 1.54) is 44.1 Å². The molecule has 298 valence electrons. The first-order chi connectivity index (χ1) is 31.3. The van der Waals surface area contributed by atoms with Gasteiger partial charge in [-0.1, -0.05) is 158 Å². The Morgan fingerprint density at radius 1 is 0.254 bits per heavy atom. The van der Waals surface area contributed by atoms with Gasteiger partial charge in [-0.25, -0.2) is 0 Å². The average Bonchev–Trinajstić information content (AvgIpc) is 3.70. The zero-order valence-corrected chi connectivity index (χ0v) is 34.7. The third-order valence-electron chi connectivity index (χ3n) is 12.0. The fourth-order valence-electron chi connectivity index (χ4n) is 9.11. The number of hydrogen-bond donors (Lipinski definition) is 0. The van der Waals surface area contributed by atoms with Crippen LogP contribution in [0.15, 0.2) is 261 Å². The Labute approximate surface area is 368 Å². The fraction of sp³-hybridized carbons (Fsp3) is 0. The second-order valence-corrected chi connectivity index (χ2v) is 15.8. The van der Waals surface area contributed by atoms with Crippen molar-refractivity contribution in [3.8, 4) is 39.1 Å². The Balaban J connectivity index is 1.08. The molecule has 0 aliphatic rings. The molecule has 0 spiro atoms. The van der Waals surface area contributed by atoms with Gasteiger partial charge in [-0.2, -0.15) is 0 Å². The molecule has 10 aromatic carbocycles. The first kappa shape index (κ1) is 37.6. The first-order valence-corrected chi connectivity index (χ1v) is 21.5. The van der Waals surface area contributed by atoms with Crippen LogP contribution in [-0.2, 0) is 0 Å². The second kappa shape index (κ2) is 16.6. The number of hydrogen-bond acceptors (Lipinski definition) is 2. The molecule has 11 aromatic rings. The number of para-hydroxylation sites is 6. The van der Waals surface area contributed by atoms with E-state index in [-0.39, 0.29) is 0 Å². The molecule has 0 fully saturated rings. The number of aromatic nitrogens is 1. The summed E-state index contributed by atoms with van der Waals surface area (Å²) >= 11 is 0. The number of fused-ring (bicyclic) bond motifs is 3. The van der Waals surface area contributed by atoms with Gasteiger partial charge in [0.1, 0.15) is 0 Å². The highest BCUT2D eigenvalue weighted by Gasteiger charge is 2.20. The van der Waals surface area contributed by atoms with E-state index in [0.717, 1.165) is 50.9 Å². The molecule has 0 unspecified atom stereocenters. The molecule has 3 heteroatoms. The summed E-state index contributed by atoms with van der Waals surface area (Å²) in [6.07, 6.45) is 0. The Morgan fingerprint density at radius 3 is 1.08 bits per heavy atom. The van der Waals surface area contributed by atoms with E-state index in [4.69, 9.17) is 0 Å². The van der Waals surface area contributed by atoms with Gasteiger partial charge in [0.25, 0.3) is 0 Å². The largest absolute Gasteiger partial charge is 0.311 e. The molecule has 0 saturated heterocycles. The topological polar surface area (TPSA) is 11.4 Å². The van der Waals surface area contributed by atoms with Crippen LogP contribution >= 0.6 is 0 Å². The minimum Gasteiger partial charge on any atom is -0.311 e. The molecule has 0 amide bonds. The quantitative estimate of drug-likeness (QED) is 0.136. The maximum absolute atomic E-state index is 2.40. The van der Waals surface area contributed by atoms with E-state index in [0.29, 0.717) is 0 Å². The van der Waals surface area contributed by atoms with Crippen molar-refractivity contribution in [2.45, 2.75) is 0 Å². The third kappa shape index (κ3) is 7.12. The predicted octanol–water partition coefficient (Wildman–Crippen LogP) is 16.7. The van der Waals surface area contributed by atoms with Crippen LogP contribution in [0.2, 0.25) is 0 Å². The summed E-state index contributed by atoms with van der Waals surface area (Å²) in [5.41, 5.74) is 17.2. The molecular formula is C60H43N3. The van der Waals surface area contributed by atoms with Crippen LogP contribution in [0.25, 0.3) is 60.9 Å². The third-order valence-corrected chi connectivity index (χ3v) is 12.0. The molecular weight excluding hydrogens is 763 g/mol. The summed E-state index contributed by atoms with van der Waals surface area (Å²) in [5.74, 6) is 0. The maximum atomic E-state index is 2.40. The van der Waals surface area contributed by atoms with E-state index < -0.39 is 0 Å². The monoisotopic (exact) mass is 805 g/mol. The number of anilines is 6. The zero-order chi connectivity index (χ0) is 42.0. The van der Waals surface area contributed by atoms with Gasteiger partial charge in [0.05, 0.1) is 11.0 Å². The summed E-state index contributed by atoms with van der Waals surface area (Å²) in [6.45, 7) is 0. The van der Waals surface area contributed by atoms with Gasteiger partial charge >= 0.3 is 0 Å². The van der Waals surface area contributed by atoms with E-state index >= 15 is 0 Å². The van der Waals surface area contributed by atoms with Crippen molar-refractivity contribution in [1.29, 1.82) is 0 Å². The highest BCUT2D eigenvalue weighted by molar-refractivity contribution is 6.11. The molecule has 0 aliphatic heterocycles. The summed E-state index contributed by atoms with van der Waals surface area (Å²) in [5, 5.41) is 2.45. The lowest BCUT2D eigenvalue weighted by atomic mass is 9.87. The SMILES string of the molecule is c1ccc(N(c2ccccc2)c2ccc(-c3cccc(-c4ccc(N(c5ccccc5)c5ccccc5)cc4)c3-c3ccc4c(c3)c3ccccc3n4-c3ccccc3)cc2)cc1. The normalized spacial score (nSPS) is 11.2. The minimum atomic E-state index is 1.10. The molecule has 0 saturated carbocycles. The lowest BCUT2D eigenvalue weighted by Gasteiger charge is -2.26. The molecule has 11 rings (SSSR count). The Kier molecular flexibility index (Phi) is 9.89. The van der Waals surface area contributed by atoms with Crippen molar-refractivity contribution in [1.82, 2.24) is 4.57 Å². The smallest absolute Gasteiger partial charge is 0.0541 e. The molecule has 0 N–H and O–H groups in total. The summed E-state index contributed by atoms with van der Waals surface area (Å²) in [4.78, 5) is 4.63. The lowest BCUT2D eigenvalue weighted by Crippen LogP contribution is -2.09. The van der Waals surface area contributed by atoms with Crippen molar-refractivity contribution >= 4 is 55.9 Å².